The van der Waals surface area contributed by atoms with Gasteiger partial charge in [-0.2, -0.15) is 0 Å². The van der Waals surface area contributed by atoms with Gasteiger partial charge in [-0.1, -0.05) is 18.2 Å². The van der Waals surface area contributed by atoms with E-state index in [4.69, 9.17) is 15.6 Å². The lowest BCUT2D eigenvalue weighted by Crippen LogP contribution is -2.44. The second-order valence-electron chi connectivity index (χ2n) is 4.01. The molecule has 104 valence electrons. The average Bonchev–Trinajstić information content (AvgIpc) is 2.29. The molecule has 2 atom stereocenters. The second-order valence-corrected chi connectivity index (χ2v) is 4.01. The van der Waals surface area contributed by atoms with Gasteiger partial charge < -0.3 is 20.9 Å². The topological polar surface area (TPSA) is 102 Å². The molecule has 19 heavy (non-hydrogen) atoms. The Hall–Kier alpha value is -2.31. The lowest BCUT2D eigenvalue weighted by molar-refractivity contribution is 0.0831. The predicted molar refractivity (Wildman–Crippen MR) is 65.2 cm³/mol. The molecule has 2 amide bonds. The van der Waals surface area contributed by atoms with Gasteiger partial charge in [0.1, 0.15) is 11.9 Å². The Morgan fingerprint density at radius 2 is 2.11 bits per heavy atom. The van der Waals surface area contributed by atoms with Gasteiger partial charge in [-0.05, 0) is 18.6 Å². The highest BCUT2D eigenvalue weighted by Crippen LogP contribution is 2.13. The Bertz CT molecular complexity index is 467. The van der Waals surface area contributed by atoms with Crippen molar-refractivity contribution >= 4 is 12.2 Å². The average molecular weight is 270 g/mol. The molecule has 0 aliphatic heterocycles. The quantitative estimate of drug-likeness (QED) is 0.754. The first kappa shape index (κ1) is 14.7. The molecule has 0 saturated heterocycles. The molecule has 0 saturated carbocycles. The number of hydrogen-bond donors (Lipinski definition) is 3. The number of halogens is 1. The standard InChI is InChI=1S/C12H15FN2O4/c1-7(15-12(17)18)10(19-11(14)16)6-8-4-2-3-5-9(8)13/h2-5,7,10,15H,6H2,1H3,(H2,14,16)(H,17,18). The molecule has 0 spiro atoms. The van der Waals surface area contributed by atoms with Gasteiger partial charge in [0.05, 0.1) is 6.04 Å². The maximum absolute atomic E-state index is 13.5. The summed E-state index contributed by atoms with van der Waals surface area (Å²) >= 11 is 0. The minimum Gasteiger partial charge on any atom is -0.465 e. The minimum atomic E-state index is -1.26. The maximum Gasteiger partial charge on any atom is 0.404 e. The fraction of sp³-hybridized carbons (Fsp3) is 0.333. The van der Waals surface area contributed by atoms with Crippen LogP contribution in [-0.4, -0.2) is 29.4 Å². The van der Waals surface area contributed by atoms with Crippen molar-refractivity contribution in [2.75, 3.05) is 0 Å². The van der Waals surface area contributed by atoms with E-state index in [1.807, 2.05) is 0 Å². The predicted octanol–water partition coefficient (Wildman–Crippen LogP) is 1.49. The van der Waals surface area contributed by atoms with Crippen LogP contribution in [0.1, 0.15) is 12.5 Å². The summed E-state index contributed by atoms with van der Waals surface area (Å²) in [7, 11) is 0. The Morgan fingerprint density at radius 3 is 2.63 bits per heavy atom. The van der Waals surface area contributed by atoms with E-state index in [0.717, 1.165) is 0 Å². The van der Waals surface area contributed by atoms with Crippen LogP contribution in [0.25, 0.3) is 0 Å². The number of carbonyl (C=O) groups is 2. The van der Waals surface area contributed by atoms with Gasteiger partial charge in [0.15, 0.2) is 0 Å². The highest BCUT2D eigenvalue weighted by atomic mass is 19.1. The first-order chi connectivity index (χ1) is 8.90. The first-order valence-corrected chi connectivity index (χ1v) is 5.59. The molecule has 2 unspecified atom stereocenters. The van der Waals surface area contributed by atoms with E-state index < -0.39 is 30.1 Å². The van der Waals surface area contributed by atoms with E-state index in [-0.39, 0.29) is 6.42 Å². The number of hydrogen-bond acceptors (Lipinski definition) is 3. The smallest absolute Gasteiger partial charge is 0.404 e. The number of carbonyl (C=O) groups excluding carboxylic acids is 1. The fourth-order valence-electron chi connectivity index (χ4n) is 1.64. The van der Waals surface area contributed by atoms with E-state index in [1.54, 1.807) is 6.07 Å². The molecule has 7 heteroatoms. The first-order valence-electron chi connectivity index (χ1n) is 5.59. The summed E-state index contributed by atoms with van der Waals surface area (Å²) in [4.78, 5) is 21.4. The van der Waals surface area contributed by atoms with Gasteiger partial charge in [0, 0.05) is 6.42 Å². The van der Waals surface area contributed by atoms with E-state index in [9.17, 15) is 14.0 Å². The lowest BCUT2D eigenvalue weighted by Gasteiger charge is -2.23. The van der Waals surface area contributed by atoms with Crippen molar-refractivity contribution in [3.8, 4) is 0 Å². The third-order valence-electron chi connectivity index (χ3n) is 2.56. The Labute approximate surface area is 109 Å². The number of amides is 2. The summed E-state index contributed by atoms with van der Waals surface area (Å²) in [6, 6.07) is 5.24. The van der Waals surface area contributed by atoms with Crippen molar-refractivity contribution in [2.45, 2.75) is 25.5 Å². The number of nitrogens with two attached hydrogens (primary N) is 1. The van der Waals surface area contributed by atoms with Gasteiger partial charge in [0.25, 0.3) is 0 Å². The molecule has 0 radical (unpaired) electrons. The molecule has 0 aliphatic carbocycles. The summed E-state index contributed by atoms with van der Waals surface area (Å²) < 4.78 is 18.3. The Kier molecular flexibility index (Phi) is 5.11. The van der Waals surface area contributed by atoms with Crippen LogP contribution in [-0.2, 0) is 11.2 Å². The van der Waals surface area contributed by atoms with Crippen LogP contribution in [0.4, 0.5) is 14.0 Å². The Balaban J connectivity index is 2.82. The molecule has 0 fully saturated rings. The molecular weight excluding hydrogens is 255 g/mol. The molecule has 0 bridgehead atoms. The summed E-state index contributed by atoms with van der Waals surface area (Å²) in [6.07, 6.45) is -3.16. The molecule has 0 heterocycles. The molecule has 0 aliphatic rings. The fourth-order valence-corrected chi connectivity index (χ4v) is 1.64. The zero-order chi connectivity index (χ0) is 14.4. The summed E-state index contributed by atoms with van der Waals surface area (Å²) in [6.45, 7) is 1.50. The molecular formula is C12H15FN2O4. The van der Waals surface area contributed by atoms with E-state index in [0.29, 0.717) is 5.56 Å². The summed E-state index contributed by atoms with van der Waals surface area (Å²) in [5, 5.41) is 10.8. The zero-order valence-corrected chi connectivity index (χ0v) is 10.3. The van der Waals surface area contributed by atoms with Crippen molar-refractivity contribution in [3.05, 3.63) is 35.6 Å². The lowest BCUT2D eigenvalue weighted by atomic mass is 10.0. The molecule has 6 nitrogen and oxygen atoms in total. The highest BCUT2D eigenvalue weighted by Gasteiger charge is 2.23. The summed E-state index contributed by atoms with van der Waals surface area (Å²) in [5.41, 5.74) is 5.24. The molecule has 0 aromatic heterocycles. The maximum atomic E-state index is 13.5. The van der Waals surface area contributed by atoms with Crippen LogP contribution in [0, 0.1) is 5.82 Å². The van der Waals surface area contributed by atoms with Crippen molar-refractivity contribution in [3.63, 3.8) is 0 Å². The van der Waals surface area contributed by atoms with Gasteiger partial charge in [-0.25, -0.2) is 14.0 Å². The minimum absolute atomic E-state index is 0.0249. The molecule has 4 N–H and O–H groups in total. The van der Waals surface area contributed by atoms with Crippen LogP contribution in [0.15, 0.2) is 24.3 Å². The molecule has 1 aromatic rings. The number of rotatable bonds is 5. The molecule has 1 aromatic carbocycles. The zero-order valence-electron chi connectivity index (χ0n) is 10.3. The summed E-state index contributed by atoms with van der Waals surface area (Å²) in [5.74, 6) is -0.455. The SMILES string of the molecule is CC(NC(=O)O)C(Cc1ccccc1F)OC(N)=O. The monoisotopic (exact) mass is 270 g/mol. The van der Waals surface area contributed by atoms with Crippen molar-refractivity contribution in [1.82, 2.24) is 5.32 Å². The van der Waals surface area contributed by atoms with Gasteiger partial charge in [0.2, 0.25) is 0 Å². The normalized spacial score (nSPS) is 13.4. The third-order valence-corrected chi connectivity index (χ3v) is 2.56. The van der Waals surface area contributed by atoms with Crippen LogP contribution in [0.3, 0.4) is 0 Å². The van der Waals surface area contributed by atoms with Crippen LogP contribution < -0.4 is 11.1 Å². The van der Waals surface area contributed by atoms with Gasteiger partial charge >= 0.3 is 12.2 Å². The second kappa shape index (κ2) is 6.58. The van der Waals surface area contributed by atoms with Gasteiger partial charge in [-0.3, -0.25) is 0 Å². The number of benzene rings is 1. The van der Waals surface area contributed by atoms with E-state index >= 15 is 0 Å². The van der Waals surface area contributed by atoms with Crippen LogP contribution >= 0.6 is 0 Å². The molecule has 1 rings (SSSR count). The number of nitrogens with one attached hydrogen (secondary N) is 1. The van der Waals surface area contributed by atoms with Crippen LogP contribution in [0.2, 0.25) is 0 Å². The van der Waals surface area contributed by atoms with Crippen molar-refractivity contribution in [1.29, 1.82) is 0 Å². The largest absolute Gasteiger partial charge is 0.465 e. The number of ether oxygens (including phenoxy) is 1. The third kappa shape index (κ3) is 4.82. The van der Waals surface area contributed by atoms with Crippen molar-refractivity contribution in [2.24, 2.45) is 5.73 Å². The van der Waals surface area contributed by atoms with Crippen LogP contribution in [0.5, 0.6) is 0 Å². The van der Waals surface area contributed by atoms with Crippen molar-refractivity contribution < 1.29 is 23.8 Å². The van der Waals surface area contributed by atoms with E-state index in [1.165, 1.54) is 25.1 Å². The van der Waals surface area contributed by atoms with Gasteiger partial charge in [-0.15, -0.1) is 0 Å². The number of carboxylic acid groups (broad SMARTS) is 1. The van der Waals surface area contributed by atoms with E-state index in [2.05, 4.69) is 5.32 Å². The Morgan fingerprint density at radius 1 is 1.47 bits per heavy atom. The number of primary amides is 1. The highest BCUT2D eigenvalue weighted by molar-refractivity contribution is 5.66.